The maximum absolute atomic E-state index is 12.7. The maximum Gasteiger partial charge on any atom is 0.306 e. The molecule has 0 spiro atoms. The van der Waals surface area contributed by atoms with Crippen molar-refractivity contribution in [2.75, 3.05) is 0 Å². The molecule has 0 aliphatic rings. The summed E-state index contributed by atoms with van der Waals surface area (Å²) in [5.74, 6) is -0.660. The average Bonchev–Trinajstić information content (AvgIpc) is 3.07. The van der Waals surface area contributed by atoms with Gasteiger partial charge in [0.1, 0.15) is 6.10 Å². The van der Waals surface area contributed by atoms with Gasteiger partial charge in [0.25, 0.3) is 0 Å². The van der Waals surface area contributed by atoms with Gasteiger partial charge in [-0.2, -0.15) is 0 Å². The van der Waals surface area contributed by atoms with Gasteiger partial charge in [0.15, 0.2) is 0 Å². The molecule has 1 unspecified atom stereocenters. The zero-order chi connectivity index (χ0) is 35.0. The summed E-state index contributed by atoms with van der Waals surface area (Å²) in [4.78, 5) is 23.4. The second kappa shape index (κ2) is 40.1. The first-order chi connectivity index (χ1) is 23.6. The van der Waals surface area contributed by atoms with Crippen molar-refractivity contribution in [3.63, 3.8) is 0 Å². The summed E-state index contributed by atoms with van der Waals surface area (Å²) in [6.07, 6.45) is 49.6. The predicted molar refractivity (Wildman–Crippen MR) is 209 cm³/mol. The van der Waals surface area contributed by atoms with Gasteiger partial charge in [-0.1, -0.05) is 187 Å². The summed E-state index contributed by atoms with van der Waals surface area (Å²) in [6.45, 7) is 4.56. The van der Waals surface area contributed by atoms with Gasteiger partial charge in [-0.25, -0.2) is 0 Å². The van der Waals surface area contributed by atoms with E-state index in [-0.39, 0.29) is 12.1 Å². The molecule has 4 nitrogen and oxygen atoms in total. The lowest BCUT2D eigenvalue weighted by atomic mass is 10.0. The molecular weight excluding hydrogens is 592 g/mol. The van der Waals surface area contributed by atoms with Gasteiger partial charge in [0, 0.05) is 12.8 Å². The lowest BCUT2D eigenvalue weighted by molar-refractivity contribution is -0.150. The Morgan fingerprint density at radius 3 is 1.12 bits per heavy atom. The van der Waals surface area contributed by atoms with Gasteiger partial charge in [0.05, 0.1) is 0 Å². The van der Waals surface area contributed by atoms with Crippen LogP contribution in [0.15, 0.2) is 12.2 Å². The van der Waals surface area contributed by atoms with Crippen LogP contribution in [0.5, 0.6) is 0 Å². The highest BCUT2D eigenvalue weighted by atomic mass is 16.5. The number of carboxylic acid groups (broad SMARTS) is 1. The Hall–Kier alpha value is -1.32. The maximum atomic E-state index is 12.7. The summed E-state index contributed by atoms with van der Waals surface area (Å²) in [6, 6.07) is 0. The van der Waals surface area contributed by atoms with Gasteiger partial charge >= 0.3 is 11.9 Å². The fourth-order valence-corrected chi connectivity index (χ4v) is 6.77. The van der Waals surface area contributed by atoms with Crippen molar-refractivity contribution in [3.05, 3.63) is 12.2 Å². The molecule has 0 aromatic heterocycles. The van der Waals surface area contributed by atoms with Crippen molar-refractivity contribution in [1.82, 2.24) is 0 Å². The predicted octanol–water partition coefficient (Wildman–Crippen LogP) is 15.0. The number of unbranched alkanes of at least 4 members (excludes halogenated alkanes) is 29. The molecular formula is C44H84O4. The van der Waals surface area contributed by atoms with Gasteiger partial charge in [-0.3, -0.25) is 9.59 Å². The van der Waals surface area contributed by atoms with Gasteiger partial charge in [0.2, 0.25) is 0 Å². The van der Waals surface area contributed by atoms with Crippen molar-refractivity contribution in [3.8, 4) is 0 Å². The first-order valence-electron chi connectivity index (χ1n) is 21.7. The van der Waals surface area contributed by atoms with Crippen LogP contribution in [-0.4, -0.2) is 23.1 Å². The highest BCUT2D eigenvalue weighted by molar-refractivity contribution is 5.69. The third-order valence-corrected chi connectivity index (χ3v) is 9.99. The first kappa shape index (κ1) is 46.7. The van der Waals surface area contributed by atoms with Crippen molar-refractivity contribution < 1.29 is 19.4 Å². The lowest BCUT2D eigenvalue weighted by Crippen LogP contribution is -2.18. The summed E-state index contributed by atoms with van der Waals surface area (Å²) in [7, 11) is 0. The number of allylic oxidation sites excluding steroid dienone is 2. The van der Waals surface area contributed by atoms with E-state index in [9.17, 15) is 9.59 Å². The Labute approximate surface area is 300 Å². The number of carbonyl (C=O) groups is 2. The van der Waals surface area contributed by atoms with Crippen LogP contribution in [0.4, 0.5) is 0 Å². The Bertz CT molecular complexity index is 687. The minimum atomic E-state index is -0.684. The average molecular weight is 677 g/mol. The molecule has 1 atom stereocenters. The molecule has 0 fully saturated rings. The molecule has 0 bridgehead atoms. The third kappa shape index (κ3) is 39.1. The molecule has 0 amide bonds. The highest BCUT2D eigenvalue weighted by Gasteiger charge is 2.14. The Kier molecular flexibility index (Phi) is 39.0. The van der Waals surface area contributed by atoms with Crippen molar-refractivity contribution in [2.45, 2.75) is 258 Å². The van der Waals surface area contributed by atoms with Crippen LogP contribution in [0.2, 0.25) is 0 Å². The largest absolute Gasteiger partial charge is 0.481 e. The molecule has 0 saturated carbocycles. The number of esters is 1. The van der Waals surface area contributed by atoms with Crippen LogP contribution in [0.1, 0.15) is 251 Å². The van der Waals surface area contributed by atoms with Crippen LogP contribution < -0.4 is 0 Å². The fraction of sp³-hybridized carbons (Fsp3) is 0.909. The van der Waals surface area contributed by atoms with E-state index in [1.54, 1.807) is 0 Å². The van der Waals surface area contributed by atoms with Crippen LogP contribution in [0.25, 0.3) is 0 Å². The summed E-state index contributed by atoms with van der Waals surface area (Å²) in [5.41, 5.74) is 0. The van der Waals surface area contributed by atoms with Crippen LogP contribution >= 0.6 is 0 Å². The molecule has 0 aliphatic carbocycles. The quantitative estimate of drug-likeness (QED) is 0.0398. The molecule has 48 heavy (non-hydrogen) atoms. The van der Waals surface area contributed by atoms with E-state index in [2.05, 4.69) is 26.0 Å². The van der Waals surface area contributed by atoms with E-state index in [1.807, 2.05) is 0 Å². The molecule has 0 radical (unpaired) electrons. The molecule has 1 N–H and O–H groups in total. The first-order valence-corrected chi connectivity index (χ1v) is 21.7. The van der Waals surface area contributed by atoms with Crippen LogP contribution in [0.3, 0.4) is 0 Å². The van der Waals surface area contributed by atoms with Gasteiger partial charge < -0.3 is 9.84 Å². The van der Waals surface area contributed by atoms with Gasteiger partial charge in [-0.05, 0) is 64.2 Å². The number of carbonyl (C=O) groups excluding carboxylic acids is 1. The van der Waals surface area contributed by atoms with Crippen LogP contribution in [-0.2, 0) is 14.3 Å². The molecule has 0 aromatic rings. The van der Waals surface area contributed by atoms with E-state index in [0.717, 1.165) is 51.4 Å². The molecule has 0 heterocycles. The Morgan fingerprint density at radius 1 is 0.438 bits per heavy atom. The molecule has 4 heteroatoms. The fourth-order valence-electron chi connectivity index (χ4n) is 6.77. The standard InChI is InChI=1S/C44H84O4/c1-3-5-7-9-11-13-14-15-16-17-18-19-20-21-22-24-29-33-37-41-44(47)48-42(38-34-30-26-23-12-10-8-6-4-2)39-35-31-27-25-28-32-36-40-43(45)46/h15-16,42H,3-14,17-41H2,1-2H3,(H,45,46)/b16-15-. The van der Waals surface area contributed by atoms with Crippen molar-refractivity contribution in [1.29, 1.82) is 0 Å². The normalized spacial score (nSPS) is 12.2. The zero-order valence-corrected chi connectivity index (χ0v) is 32.6. The van der Waals surface area contributed by atoms with Crippen molar-refractivity contribution >= 4 is 11.9 Å². The molecule has 284 valence electrons. The lowest BCUT2D eigenvalue weighted by Gasteiger charge is -2.18. The number of rotatable bonds is 40. The van der Waals surface area contributed by atoms with E-state index in [1.165, 1.54) is 173 Å². The van der Waals surface area contributed by atoms with E-state index in [0.29, 0.717) is 12.8 Å². The topological polar surface area (TPSA) is 63.6 Å². The third-order valence-electron chi connectivity index (χ3n) is 9.99. The minimum Gasteiger partial charge on any atom is -0.481 e. The minimum absolute atomic E-state index is 0.0235. The molecule has 0 saturated heterocycles. The smallest absolute Gasteiger partial charge is 0.306 e. The van der Waals surface area contributed by atoms with E-state index in [4.69, 9.17) is 9.84 Å². The monoisotopic (exact) mass is 677 g/mol. The number of carboxylic acids is 1. The number of hydrogen-bond acceptors (Lipinski definition) is 3. The zero-order valence-electron chi connectivity index (χ0n) is 32.6. The number of ether oxygens (including phenoxy) is 1. The second-order valence-electron chi connectivity index (χ2n) is 14.9. The molecule has 0 aromatic carbocycles. The highest BCUT2D eigenvalue weighted by Crippen LogP contribution is 2.19. The molecule has 0 rings (SSSR count). The Morgan fingerprint density at radius 2 is 0.750 bits per heavy atom. The summed E-state index contributed by atoms with van der Waals surface area (Å²) in [5, 5.41) is 8.77. The van der Waals surface area contributed by atoms with E-state index < -0.39 is 5.97 Å². The Balaban J connectivity index is 3.93. The summed E-state index contributed by atoms with van der Waals surface area (Å²) < 4.78 is 6.04. The van der Waals surface area contributed by atoms with E-state index >= 15 is 0 Å². The van der Waals surface area contributed by atoms with Gasteiger partial charge in [-0.15, -0.1) is 0 Å². The van der Waals surface area contributed by atoms with Crippen molar-refractivity contribution in [2.24, 2.45) is 0 Å². The second-order valence-corrected chi connectivity index (χ2v) is 14.9. The number of aliphatic carboxylic acids is 1. The SMILES string of the molecule is CCCCCCCC/C=C\CCCCCCCCCCCC(=O)OC(CCCCCCCCCCC)CCCCCCCCCC(=O)O. The summed E-state index contributed by atoms with van der Waals surface area (Å²) >= 11 is 0. The molecule has 0 aliphatic heterocycles. The number of hydrogen-bond donors (Lipinski definition) is 1. The van der Waals surface area contributed by atoms with Crippen LogP contribution in [0, 0.1) is 0 Å².